The predicted octanol–water partition coefficient (Wildman–Crippen LogP) is 10.9. The topological polar surface area (TPSA) is 36.1 Å². The van der Waals surface area contributed by atoms with Crippen molar-refractivity contribution in [2.75, 3.05) is 0 Å². The summed E-state index contributed by atoms with van der Waals surface area (Å²) in [6.45, 7) is 4.03. The molecule has 0 N–H and O–H groups in total. The quantitative estimate of drug-likeness (QED) is 0.163. The Bertz CT molecular complexity index is 1950. The molecule has 2 aliphatic rings. The van der Waals surface area contributed by atoms with Gasteiger partial charge >= 0.3 is 12.4 Å². The van der Waals surface area contributed by atoms with E-state index in [2.05, 4.69) is 11.9 Å². The third-order valence-electron chi connectivity index (χ3n) is 8.46. The second-order valence-corrected chi connectivity index (χ2v) is 11.2. The molecule has 0 saturated heterocycles. The maximum Gasteiger partial charge on any atom is 0.416 e. The summed E-state index contributed by atoms with van der Waals surface area (Å²) in [5.74, 6) is 0. The van der Waals surface area contributed by atoms with Gasteiger partial charge in [-0.1, -0.05) is 73.5 Å². The SMILES string of the molecule is CCCC1=C(C2=C(C)C(=NC#N)c3cc(-c4ccc(C(F)(F)F)cc4)ccc32)c2ccc(-c3ccc(C(F)(F)F)cc3)cc2C1. The van der Waals surface area contributed by atoms with Gasteiger partial charge in [0.25, 0.3) is 0 Å². The Kier molecular flexibility index (Phi) is 7.52. The lowest BCUT2D eigenvalue weighted by atomic mass is 9.89. The lowest BCUT2D eigenvalue weighted by Gasteiger charge is -2.14. The van der Waals surface area contributed by atoms with Gasteiger partial charge in [0, 0.05) is 5.56 Å². The van der Waals surface area contributed by atoms with Crippen LogP contribution in [0.5, 0.6) is 0 Å². The van der Waals surface area contributed by atoms with Crippen molar-refractivity contribution in [3.8, 4) is 28.4 Å². The number of benzene rings is 4. The summed E-state index contributed by atoms with van der Waals surface area (Å²) in [5, 5.41) is 9.57. The van der Waals surface area contributed by atoms with Gasteiger partial charge in [-0.2, -0.15) is 36.6 Å². The van der Waals surface area contributed by atoms with Crippen LogP contribution in [0.15, 0.2) is 101 Å². The normalized spacial score (nSPS) is 15.5. The van der Waals surface area contributed by atoms with E-state index in [9.17, 15) is 31.6 Å². The number of fused-ring (bicyclic) bond motifs is 2. The van der Waals surface area contributed by atoms with Crippen LogP contribution < -0.4 is 0 Å². The molecule has 4 aromatic rings. The number of nitriles is 1. The van der Waals surface area contributed by atoms with Crippen LogP contribution in [0.4, 0.5) is 26.3 Å². The standard InChI is InChI=1S/C37H26F6N2/c1-3-4-26-18-27-17-24(22-5-11-28(12-6-22)36(38,39)40)9-15-30(27)34(26)33-21(2)35(45-20-44)32-19-25(10-16-31(32)33)23-7-13-29(14-8-23)37(41,42)43/h5-17,19H,3-4,18H2,1-2H3. The predicted molar refractivity (Wildman–Crippen MR) is 164 cm³/mol. The lowest BCUT2D eigenvalue weighted by molar-refractivity contribution is -0.138. The molecule has 0 fully saturated rings. The van der Waals surface area contributed by atoms with E-state index >= 15 is 0 Å². The van der Waals surface area contributed by atoms with Gasteiger partial charge in [-0.3, -0.25) is 0 Å². The van der Waals surface area contributed by atoms with Crippen molar-refractivity contribution in [1.29, 1.82) is 5.26 Å². The van der Waals surface area contributed by atoms with Crippen LogP contribution in [-0.4, -0.2) is 5.71 Å². The second kappa shape index (κ2) is 11.2. The summed E-state index contributed by atoms with van der Waals surface area (Å²) in [6.07, 6.45) is -4.49. The van der Waals surface area contributed by atoms with Crippen molar-refractivity contribution >= 4 is 16.9 Å². The Balaban J connectivity index is 1.42. The molecule has 0 aliphatic heterocycles. The Labute approximate surface area is 256 Å². The maximum atomic E-state index is 13.1. The molecule has 0 heterocycles. The highest BCUT2D eigenvalue weighted by atomic mass is 19.4. The summed E-state index contributed by atoms with van der Waals surface area (Å²) in [6, 6.07) is 21.8. The van der Waals surface area contributed by atoms with Gasteiger partial charge in [0.05, 0.1) is 16.8 Å². The molecule has 0 unspecified atom stereocenters. The highest BCUT2D eigenvalue weighted by molar-refractivity contribution is 6.31. The summed E-state index contributed by atoms with van der Waals surface area (Å²) in [7, 11) is 0. The molecule has 0 amide bonds. The van der Waals surface area contributed by atoms with Gasteiger partial charge in [0.1, 0.15) is 0 Å². The summed E-state index contributed by atoms with van der Waals surface area (Å²) in [4.78, 5) is 4.17. The van der Waals surface area contributed by atoms with Crippen LogP contribution in [0, 0.1) is 11.5 Å². The molecular formula is C37H26F6N2. The van der Waals surface area contributed by atoms with Crippen molar-refractivity contribution in [3.05, 3.63) is 129 Å². The minimum Gasteiger partial charge on any atom is -0.173 e. The molecule has 0 bridgehead atoms. The van der Waals surface area contributed by atoms with Gasteiger partial charge in [0.15, 0.2) is 0 Å². The van der Waals surface area contributed by atoms with Crippen molar-refractivity contribution < 1.29 is 26.3 Å². The number of hydrogen-bond donors (Lipinski definition) is 0. The highest BCUT2D eigenvalue weighted by Crippen LogP contribution is 2.50. The first-order valence-electron chi connectivity index (χ1n) is 14.4. The van der Waals surface area contributed by atoms with E-state index in [0.717, 1.165) is 81.6 Å². The number of aliphatic imine (C=N–C) groups is 1. The molecule has 45 heavy (non-hydrogen) atoms. The molecule has 0 aromatic heterocycles. The van der Waals surface area contributed by atoms with E-state index in [1.165, 1.54) is 29.8 Å². The van der Waals surface area contributed by atoms with Gasteiger partial charge < -0.3 is 0 Å². The van der Waals surface area contributed by atoms with E-state index in [4.69, 9.17) is 0 Å². The number of nitrogens with zero attached hydrogens (tertiary/aromatic N) is 2. The van der Waals surface area contributed by atoms with Crippen LogP contribution in [0.2, 0.25) is 0 Å². The Morgan fingerprint density at radius 1 is 0.667 bits per heavy atom. The first kappa shape index (κ1) is 30.1. The van der Waals surface area contributed by atoms with Crippen LogP contribution in [0.1, 0.15) is 60.1 Å². The first-order chi connectivity index (χ1) is 21.4. The third kappa shape index (κ3) is 5.48. The minimum atomic E-state index is -4.43. The fourth-order valence-electron chi connectivity index (χ4n) is 6.38. The highest BCUT2D eigenvalue weighted by Gasteiger charge is 2.34. The average molecular weight is 613 g/mol. The number of alkyl halides is 6. The van der Waals surface area contributed by atoms with Crippen LogP contribution in [0.25, 0.3) is 33.4 Å². The molecule has 2 aliphatic carbocycles. The summed E-state index contributed by atoms with van der Waals surface area (Å²) in [5.41, 5.74) is 9.74. The van der Waals surface area contributed by atoms with Crippen LogP contribution in [-0.2, 0) is 18.8 Å². The largest absolute Gasteiger partial charge is 0.416 e. The van der Waals surface area contributed by atoms with E-state index in [0.29, 0.717) is 28.8 Å². The van der Waals surface area contributed by atoms with Crippen molar-refractivity contribution in [2.45, 2.75) is 45.5 Å². The molecule has 8 heteroatoms. The van der Waals surface area contributed by atoms with E-state index < -0.39 is 23.5 Å². The molecule has 0 saturated carbocycles. The van der Waals surface area contributed by atoms with Gasteiger partial charge in [0.2, 0.25) is 6.19 Å². The molecule has 0 radical (unpaired) electrons. The smallest absolute Gasteiger partial charge is 0.173 e. The molecule has 6 rings (SSSR count). The molecule has 4 aromatic carbocycles. The average Bonchev–Trinajstić information content (AvgIpc) is 3.49. The monoisotopic (exact) mass is 612 g/mol. The zero-order valence-electron chi connectivity index (χ0n) is 24.4. The molecular weight excluding hydrogens is 586 g/mol. The molecule has 0 atom stereocenters. The Morgan fingerprint density at radius 3 is 1.69 bits per heavy atom. The zero-order valence-corrected chi connectivity index (χ0v) is 24.4. The second-order valence-electron chi connectivity index (χ2n) is 11.2. The third-order valence-corrected chi connectivity index (χ3v) is 8.46. The number of rotatable bonds is 5. The molecule has 0 spiro atoms. The number of halogens is 6. The van der Waals surface area contributed by atoms with Crippen molar-refractivity contribution in [2.24, 2.45) is 4.99 Å². The Morgan fingerprint density at radius 2 is 1.18 bits per heavy atom. The van der Waals surface area contributed by atoms with Gasteiger partial charge in [-0.25, -0.2) is 0 Å². The van der Waals surface area contributed by atoms with E-state index in [-0.39, 0.29) is 0 Å². The zero-order chi connectivity index (χ0) is 32.1. The van der Waals surface area contributed by atoms with E-state index in [1.807, 2.05) is 49.5 Å². The van der Waals surface area contributed by atoms with Crippen LogP contribution >= 0.6 is 0 Å². The Hall–Kier alpha value is -4.90. The first-order valence-corrected chi connectivity index (χ1v) is 14.4. The molecule has 226 valence electrons. The van der Waals surface area contributed by atoms with Crippen molar-refractivity contribution in [1.82, 2.24) is 0 Å². The van der Waals surface area contributed by atoms with Crippen LogP contribution in [0.3, 0.4) is 0 Å². The molecule has 2 nitrogen and oxygen atoms in total. The van der Waals surface area contributed by atoms with E-state index in [1.54, 1.807) is 0 Å². The minimum absolute atomic E-state index is 0.523. The van der Waals surface area contributed by atoms with Crippen molar-refractivity contribution in [3.63, 3.8) is 0 Å². The summed E-state index contributed by atoms with van der Waals surface area (Å²) >= 11 is 0. The van der Waals surface area contributed by atoms with Gasteiger partial charge in [-0.15, -0.1) is 0 Å². The fraction of sp³-hybridized carbons (Fsp3) is 0.189. The summed E-state index contributed by atoms with van der Waals surface area (Å²) < 4.78 is 78.7. The lowest BCUT2D eigenvalue weighted by Crippen LogP contribution is -2.04. The van der Waals surface area contributed by atoms with Gasteiger partial charge in [-0.05, 0) is 106 Å². The number of hydrogen-bond acceptors (Lipinski definition) is 2. The number of allylic oxidation sites excluding steroid dienone is 4. The maximum absolute atomic E-state index is 13.1. The fourth-order valence-corrected chi connectivity index (χ4v) is 6.38.